The van der Waals surface area contributed by atoms with Crippen molar-refractivity contribution in [1.82, 2.24) is 9.80 Å². The molecule has 1 fully saturated rings. The van der Waals surface area contributed by atoms with Crippen LogP contribution in [0.15, 0.2) is 24.3 Å². The molecule has 1 heterocycles. The molecule has 1 saturated heterocycles. The molecule has 0 saturated carbocycles. The molecule has 1 aliphatic heterocycles. The molecule has 1 aromatic carbocycles. The zero-order valence-electron chi connectivity index (χ0n) is 12.3. The maximum atomic E-state index is 5.81. The molecule has 2 rings (SSSR count). The van der Waals surface area contributed by atoms with Gasteiger partial charge in [0, 0.05) is 25.7 Å². The fourth-order valence-electron chi connectivity index (χ4n) is 3.02. The van der Waals surface area contributed by atoms with E-state index in [0.29, 0.717) is 12.6 Å². The topological polar surface area (TPSA) is 32.5 Å². The molecule has 1 aromatic rings. The Balaban J connectivity index is 1.94. The summed E-state index contributed by atoms with van der Waals surface area (Å²) in [5.74, 6) is 0. The summed E-state index contributed by atoms with van der Waals surface area (Å²) in [6.07, 6.45) is 2.39. The molecule has 1 atom stereocenters. The van der Waals surface area contributed by atoms with Crippen molar-refractivity contribution in [2.75, 3.05) is 33.2 Å². The highest BCUT2D eigenvalue weighted by Gasteiger charge is 2.19. The van der Waals surface area contributed by atoms with Crippen LogP contribution in [0.3, 0.4) is 0 Å². The van der Waals surface area contributed by atoms with Gasteiger partial charge in [-0.1, -0.05) is 24.3 Å². The van der Waals surface area contributed by atoms with Gasteiger partial charge in [0.05, 0.1) is 0 Å². The van der Waals surface area contributed by atoms with E-state index >= 15 is 0 Å². The maximum Gasteiger partial charge on any atom is 0.0194 e. The Morgan fingerprint density at radius 3 is 2.68 bits per heavy atom. The molecule has 0 amide bonds. The normalized spacial score (nSPS) is 22.4. The summed E-state index contributed by atoms with van der Waals surface area (Å²) >= 11 is 0. The van der Waals surface area contributed by atoms with Crippen molar-refractivity contribution in [3.63, 3.8) is 0 Å². The minimum Gasteiger partial charge on any atom is -0.326 e. The number of benzene rings is 1. The van der Waals surface area contributed by atoms with Crippen molar-refractivity contribution in [2.24, 2.45) is 5.73 Å². The highest BCUT2D eigenvalue weighted by molar-refractivity contribution is 5.27. The second-order valence-electron chi connectivity index (χ2n) is 5.72. The molecule has 0 radical (unpaired) electrons. The summed E-state index contributed by atoms with van der Waals surface area (Å²) in [5.41, 5.74) is 8.52. The maximum absolute atomic E-state index is 5.81. The van der Waals surface area contributed by atoms with Crippen molar-refractivity contribution in [1.29, 1.82) is 0 Å². The second-order valence-corrected chi connectivity index (χ2v) is 5.72. The Morgan fingerprint density at radius 1 is 1.21 bits per heavy atom. The number of rotatable bonds is 4. The first kappa shape index (κ1) is 14.5. The monoisotopic (exact) mass is 261 g/mol. The van der Waals surface area contributed by atoms with Gasteiger partial charge in [-0.15, -0.1) is 0 Å². The van der Waals surface area contributed by atoms with Gasteiger partial charge in [0.1, 0.15) is 0 Å². The van der Waals surface area contributed by atoms with E-state index < -0.39 is 0 Å². The standard InChI is InChI=1S/C16H27N3/c1-14-13-18(2)9-5-10-19(14)11-8-15-6-3-4-7-16(15)12-17/h3-4,6-7,14H,5,8-13,17H2,1-2H3. The van der Waals surface area contributed by atoms with E-state index in [1.165, 1.54) is 37.2 Å². The van der Waals surface area contributed by atoms with Crippen LogP contribution in [0.4, 0.5) is 0 Å². The van der Waals surface area contributed by atoms with E-state index in [-0.39, 0.29) is 0 Å². The molecular weight excluding hydrogens is 234 g/mol. The fraction of sp³-hybridized carbons (Fsp3) is 0.625. The van der Waals surface area contributed by atoms with E-state index in [9.17, 15) is 0 Å². The van der Waals surface area contributed by atoms with Crippen LogP contribution in [-0.4, -0.2) is 49.1 Å². The van der Waals surface area contributed by atoms with Crippen LogP contribution in [0.5, 0.6) is 0 Å². The van der Waals surface area contributed by atoms with Crippen LogP contribution in [-0.2, 0) is 13.0 Å². The first-order chi connectivity index (χ1) is 9.20. The molecule has 0 spiro atoms. The third-order valence-electron chi connectivity index (χ3n) is 4.19. The predicted molar refractivity (Wildman–Crippen MR) is 81.2 cm³/mol. The van der Waals surface area contributed by atoms with Crippen molar-refractivity contribution in [3.05, 3.63) is 35.4 Å². The third kappa shape index (κ3) is 4.03. The summed E-state index contributed by atoms with van der Waals surface area (Å²) in [7, 11) is 2.23. The van der Waals surface area contributed by atoms with Gasteiger partial charge in [-0.3, -0.25) is 4.90 Å². The number of likely N-dealkylation sites (N-methyl/N-ethyl adjacent to an activating group) is 1. The summed E-state index contributed by atoms with van der Waals surface area (Å²) in [6.45, 7) is 7.76. The van der Waals surface area contributed by atoms with Crippen molar-refractivity contribution in [2.45, 2.75) is 32.4 Å². The lowest BCUT2D eigenvalue weighted by Gasteiger charge is -2.28. The zero-order valence-corrected chi connectivity index (χ0v) is 12.3. The number of hydrogen-bond donors (Lipinski definition) is 1. The van der Waals surface area contributed by atoms with Gasteiger partial charge in [0.2, 0.25) is 0 Å². The lowest BCUT2D eigenvalue weighted by molar-refractivity contribution is 0.204. The van der Waals surface area contributed by atoms with Crippen molar-refractivity contribution in [3.8, 4) is 0 Å². The van der Waals surface area contributed by atoms with Gasteiger partial charge >= 0.3 is 0 Å². The van der Waals surface area contributed by atoms with Gasteiger partial charge in [-0.2, -0.15) is 0 Å². The van der Waals surface area contributed by atoms with E-state index in [4.69, 9.17) is 5.73 Å². The number of nitrogens with two attached hydrogens (primary N) is 1. The Morgan fingerprint density at radius 2 is 1.95 bits per heavy atom. The van der Waals surface area contributed by atoms with Crippen LogP contribution in [0.2, 0.25) is 0 Å². The summed E-state index contributed by atoms with van der Waals surface area (Å²) in [6, 6.07) is 9.22. The average molecular weight is 261 g/mol. The Bertz CT molecular complexity index is 391. The Labute approximate surface area is 117 Å². The zero-order chi connectivity index (χ0) is 13.7. The molecule has 3 heteroatoms. The molecule has 0 aliphatic carbocycles. The van der Waals surface area contributed by atoms with Crippen LogP contribution < -0.4 is 5.73 Å². The Kier molecular flexibility index (Phi) is 5.37. The molecule has 2 N–H and O–H groups in total. The van der Waals surface area contributed by atoms with Crippen LogP contribution >= 0.6 is 0 Å². The molecule has 1 aliphatic rings. The molecular formula is C16H27N3. The summed E-state index contributed by atoms with van der Waals surface area (Å²) in [5, 5.41) is 0. The Hall–Kier alpha value is -0.900. The van der Waals surface area contributed by atoms with E-state index in [1.54, 1.807) is 0 Å². The molecule has 0 aromatic heterocycles. The minimum absolute atomic E-state index is 0.647. The second kappa shape index (κ2) is 7.04. The first-order valence-corrected chi connectivity index (χ1v) is 7.40. The highest BCUT2D eigenvalue weighted by atomic mass is 15.2. The van der Waals surface area contributed by atoms with Crippen molar-refractivity contribution < 1.29 is 0 Å². The lowest BCUT2D eigenvalue weighted by Crippen LogP contribution is -2.39. The molecule has 106 valence electrons. The molecule has 3 nitrogen and oxygen atoms in total. The van der Waals surface area contributed by atoms with E-state index in [1.807, 2.05) is 0 Å². The summed E-state index contributed by atoms with van der Waals surface area (Å²) < 4.78 is 0. The number of nitrogens with zero attached hydrogens (tertiary/aromatic N) is 2. The summed E-state index contributed by atoms with van der Waals surface area (Å²) in [4.78, 5) is 5.06. The first-order valence-electron chi connectivity index (χ1n) is 7.40. The molecule has 19 heavy (non-hydrogen) atoms. The fourth-order valence-corrected chi connectivity index (χ4v) is 3.02. The van der Waals surface area contributed by atoms with Crippen LogP contribution in [0.25, 0.3) is 0 Å². The third-order valence-corrected chi connectivity index (χ3v) is 4.19. The lowest BCUT2D eigenvalue weighted by atomic mass is 10.0. The SMILES string of the molecule is CC1CN(C)CCCN1CCc1ccccc1CN. The quantitative estimate of drug-likeness (QED) is 0.895. The smallest absolute Gasteiger partial charge is 0.0194 e. The van der Waals surface area contributed by atoms with Crippen molar-refractivity contribution >= 4 is 0 Å². The minimum atomic E-state index is 0.647. The van der Waals surface area contributed by atoms with Gasteiger partial charge in [0.15, 0.2) is 0 Å². The van der Waals surface area contributed by atoms with E-state index in [0.717, 1.165) is 13.0 Å². The highest BCUT2D eigenvalue weighted by Crippen LogP contribution is 2.13. The average Bonchev–Trinajstić information content (AvgIpc) is 2.57. The number of hydrogen-bond acceptors (Lipinski definition) is 3. The van der Waals surface area contributed by atoms with Gasteiger partial charge in [0.25, 0.3) is 0 Å². The van der Waals surface area contributed by atoms with Gasteiger partial charge < -0.3 is 10.6 Å². The van der Waals surface area contributed by atoms with Gasteiger partial charge in [-0.05, 0) is 51.0 Å². The van der Waals surface area contributed by atoms with Gasteiger partial charge in [-0.25, -0.2) is 0 Å². The predicted octanol–water partition coefficient (Wildman–Crippen LogP) is 1.71. The van der Waals surface area contributed by atoms with Crippen LogP contribution in [0.1, 0.15) is 24.5 Å². The van der Waals surface area contributed by atoms with E-state index in [2.05, 4.69) is 48.0 Å². The largest absolute Gasteiger partial charge is 0.326 e. The molecule has 0 bridgehead atoms. The molecule has 1 unspecified atom stereocenters. The van der Waals surface area contributed by atoms with Crippen LogP contribution in [0, 0.1) is 0 Å².